The van der Waals surface area contributed by atoms with Gasteiger partial charge in [0.1, 0.15) is 12.1 Å². The van der Waals surface area contributed by atoms with Crippen LogP contribution in [0.1, 0.15) is 47.0 Å². The van der Waals surface area contributed by atoms with Crippen LogP contribution in [0.5, 0.6) is 0 Å². The first-order chi connectivity index (χ1) is 9.06. The third-order valence-corrected chi connectivity index (χ3v) is 3.90. The van der Waals surface area contributed by atoms with Gasteiger partial charge in [-0.1, -0.05) is 39.3 Å². The van der Waals surface area contributed by atoms with Gasteiger partial charge in [-0.2, -0.15) is 0 Å². The molecule has 1 saturated heterocycles. The molecule has 1 fully saturated rings. The number of nitrogens with one attached hydrogen (secondary N) is 1. The van der Waals surface area contributed by atoms with Gasteiger partial charge in [0.25, 0.3) is 0 Å². The van der Waals surface area contributed by atoms with Crippen molar-refractivity contribution in [3.63, 3.8) is 0 Å². The average Bonchev–Trinajstić information content (AvgIpc) is 2.41. The van der Waals surface area contributed by atoms with E-state index in [1.165, 1.54) is 0 Å². The van der Waals surface area contributed by atoms with E-state index in [1.54, 1.807) is 4.90 Å². The molecule has 0 radical (unpaired) electrons. The van der Waals surface area contributed by atoms with Crippen LogP contribution in [-0.4, -0.2) is 35.3 Å². The molecule has 1 heterocycles. The Morgan fingerprint density at radius 2 is 2.05 bits per heavy atom. The van der Waals surface area contributed by atoms with Crippen molar-refractivity contribution < 1.29 is 9.59 Å². The largest absolute Gasteiger partial charge is 0.342 e. The molecular formula is C15H26N2O2. The molecule has 4 heteroatoms. The quantitative estimate of drug-likeness (QED) is 0.749. The zero-order valence-electron chi connectivity index (χ0n) is 12.5. The number of allylic oxidation sites excluding steroid dienone is 1. The minimum atomic E-state index is -0.356. The van der Waals surface area contributed by atoms with Crippen molar-refractivity contribution in [1.29, 1.82) is 0 Å². The first kappa shape index (κ1) is 15.7. The summed E-state index contributed by atoms with van der Waals surface area (Å²) in [6, 6.07) is -0.663. The molecule has 1 aliphatic heterocycles. The molecule has 0 saturated carbocycles. The van der Waals surface area contributed by atoms with E-state index < -0.39 is 0 Å². The number of carbonyl (C=O) groups excluding carboxylic acids is 2. The fourth-order valence-electron chi connectivity index (χ4n) is 2.46. The Hall–Kier alpha value is -1.32. The average molecular weight is 266 g/mol. The number of nitrogens with zero attached hydrogens (tertiary/aromatic N) is 1. The van der Waals surface area contributed by atoms with Crippen molar-refractivity contribution >= 4 is 11.8 Å². The second-order valence-electron chi connectivity index (χ2n) is 5.19. The molecule has 108 valence electrons. The molecule has 0 aliphatic carbocycles. The topological polar surface area (TPSA) is 49.4 Å². The van der Waals surface area contributed by atoms with Crippen molar-refractivity contribution in [3.05, 3.63) is 12.2 Å². The van der Waals surface area contributed by atoms with Crippen molar-refractivity contribution in [2.75, 3.05) is 6.54 Å². The molecule has 1 N–H and O–H groups in total. The molecule has 0 spiro atoms. The minimum Gasteiger partial charge on any atom is -0.342 e. The van der Waals surface area contributed by atoms with Gasteiger partial charge in [-0.15, -0.1) is 0 Å². The lowest BCUT2D eigenvalue weighted by Gasteiger charge is -2.40. The summed E-state index contributed by atoms with van der Waals surface area (Å²) in [5, 5.41) is 2.89. The number of piperazine rings is 1. The van der Waals surface area contributed by atoms with Crippen molar-refractivity contribution in [2.24, 2.45) is 5.92 Å². The summed E-state index contributed by atoms with van der Waals surface area (Å²) >= 11 is 0. The van der Waals surface area contributed by atoms with Gasteiger partial charge >= 0.3 is 0 Å². The molecule has 0 bridgehead atoms. The predicted octanol–water partition coefficient (Wildman–Crippen LogP) is 2.10. The van der Waals surface area contributed by atoms with Gasteiger partial charge in [0.15, 0.2) is 0 Å². The summed E-state index contributed by atoms with van der Waals surface area (Å²) in [6.07, 6.45) is 6.36. The molecule has 1 rings (SSSR count). The van der Waals surface area contributed by atoms with Crippen LogP contribution >= 0.6 is 0 Å². The molecule has 19 heavy (non-hydrogen) atoms. The van der Waals surface area contributed by atoms with Gasteiger partial charge in [0.2, 0.25) is 11.8 Å². The monoisotopic (exact) mass is 266 g/mol. The van der Waals surface area contributed by atoms with E-state index in [9.17, 15) is 9.59 Å². The lowest BCUT2D eigenvalue weighted by atomic mass is 9.93. The Morgan fingerprint density at radius 3 is 2.58 bits per heavy atom. The summed E-state index contributed by atoms with van der Waals surface area (Å²) in [5.41, 5.74) is 0. The van der Waals surface area contributed by atoms with Gasteiger partial charge in [0.05, 0.1) is 0 Å². The Balaban J connectivity index is 2.85. The first-order valence-electron chi connectivity index (χ1n) is 7.28. The third-order valence-electron chi connectivity index (χ3n) is 3.90. The Bertz CT molecular complexity index is 352. The first-order valence-corrected chi connectivity index (χ1v) is 7.28. The van der Waals surface area contributed by atoms with E-state index in [-0.39, 0.29) is 29.8 Å². The van der Waals surface area contributed by atoms with Gasteiger partial charge in [-0.3, -0.25) is 9.59 Å². The summed E-state index contributed by atoms with van der Waals surface area (Å²) < 4.78 is 0. The van der Waals surface area contributed by atoms with Crippen LogP contribution in [0.25, 0.3) is 0 Å². The van der Waals surface area contributed by atoms with Crippen molar-refractivity contribution in [3.8, 4) is 0 Å². The van der Waals surface area contributed by atoms with Crippen LogP contribution in [0.3, 0.4) is 0 Å². The zero-order chi connectivity index (χ0) is 14.4. The van der Waals surface area contributed by atoms with Gasteiger partial charge < -0.3 is 10.2 Å². The standard InChI is InChI=1S/C15H26N2O2/c1-5-8-9-10-17-12(7-3)14(18)16-13(15(17)19)11(4)6-2/h5,8,11-13H,6-7,9-10H2,1-4H3,(H,16,18)/b8-5+. The molecule has 0 aromatic heterocycles. The summed E-state index contributed by atoms with van der Waals surface area (Å²) in [7, 11) is 0. The molecule has 0 aromatic rings. The highest BCUT2D eigenvalue weighted by Crippen LogP contribution is 2.19. The highest BCUT2D eigenvalue weighted by molar-refractivity contribution is 5.97. The van der Waals surface area contributed by atoms with E-state index in [1.807, 2.05) is 39.8 Å². The maximum Gasteiger partial charge on any atom is 0.246 e. The van der Waals surface area contributed by atoms with Gasteiger partial charge in [0, 0.05) is 6.54 Å². The molecule has 0 aromatic carbocycles. The summed E-state index contributed by atoms with van der Waals surface area (Å²) in [5.74, 6) is 0.247. The fourth-order valence-corrected chi connectivity index (χ4v) is 2.46. The van der Waals surface area contributed by atoms with Crippen LogP contribution < -0.4 is 5.32 Å². The van der Waals surface area contributed by atoms with Crippen LogP contribution in [-0.2, 0) is 9.59 Å². The van der Waals surface area contributed by atoms with E-state index in [2.05, 4.69) is 5.32 Å². The Labute approximate surface area is 116 Å². The summed E-state index contributed by atoms with van der Waals surface area (Å²) in [6.45, 7) is 8.59. The van der Waals surface area contributed by atoms with E-state index in [4.69, 9.17) is 0 Å². The number of hydrogen-bond donors (Lipinski definition) is 1. The van der Waals surface area contributed by atoms with Crippen LogP contribution in [0, 0.1) is 5.92 Å². The molecule has 3 unspecified atom stereocenters. The molecular weight excluding hydrogens is 240 g/mol. The minimum absolute atomic E-state index is 0.00659. The third kappa shape index (κ3) is 3.58. The summed E-state index contributed by atoms with van der Waals surface area (Å²) in [4.78, 5) is 26.4. The number of amides is 2. The molecule has 2 amide bonds. The predicted molar refractivity (Wildman–Crippen MR) is 76.6 cm³/mol. The second-order valence-corrected chi connectivity index (χ2v) is 5.19. The Kier molecular flexibility index (Phi) is 6.06. The highest BCUT2D eigenvalue weighted by atomic mass is 16.2. The molecule has 1 aliphatic rings. The van der Waals surface area contributed by atoms with E-state index in [0.717, 1.165) is 12.8 Å². The Morgan fingerprint density at radius 1 is 1.37 bits per heavy atom. The second kappa shape index (κ2) is 7.31. The lowest BCUT2D eigenvalue weighted by molar-refractivity contribution is -0.150. The molecule has 4 nitrogen and oxygen atoms in total. The van der Waals surface area contributed by atoms with Crippen LogP contribution in [0.2, 0.25) is 0 Å². The highest BCUT2D eigenvalue weighted by Gasteiger charge is 2.40. The van der Waals surface area contributed by atoms with E-state index >= 15 is 0 Å². The maximum absolute atomic E-state index is 12.5. The van der Waals surface area contributed by atoms with Gasteiger partial charge in [-0.25, -0.2) is 0 Å². The van der Waals surface area contributed by atoms with Crippen LogP contribution in [0.15, 0.2) is 12.2 Å². The number of hydrogen-bond acceptors (Lipinski definition) is 2. The van der Waals surface area contributed by atoms with Gasteiger partial charge in [-0.05, 0) is 25.7 Å². The normalized spacial score (nSPS) is 25.8. The van der Waals surface area contributed by atoms with E-state index in [0.29, 0.717) is 13.0 Å². The SMILES string of the molecule is C/C=C/CCN1C(=O)C(C(C)CC)NC(=O)C1CC. The van der Waals surface area contributed by atoms with Crippen molar-refractivity contribution in [1.82, 2.24) is 10.2 Å². The fraction of sp³-hybridized carbons (Fsp3) is 0.733. The van der Waals surface area contributed by atoms with Crippen molar-refractivity contribution in [2.45, 2.75) is 59.0 Å². The maximum atomic E-state index is 12.5. The lowest BCUT2D eigenvalue weighted by Crippen LogP contribution is -2.64. The smallest absolute Gasteiger partial charge is 0.246 e. The number of carbonyl (C=O) groups is 2. The zero-order valence-corrected chi connectivity index (χ0v) is 12.5. The number of rotatable bonds is 6. The van der Waals surface area contributed by atoms with Crippen LogP contribution in [0.4, 0.5) is 0 Å². The molecule has 3 atom stereocenters.